The van der Waals surface area contributed by atoms with Crippen molar-refractivity contribution in [3.63, 3.8) is 0 Å². The van der Waals surface area contributed by atoms with Gasteiger partial charge in [-0.15, -0.1) is 0 Å². The maximum Gasteiger partial charge on any atom is 0.0604 e. The predicted octanol–water partition coefficient (Wildman–Crippen LogP) is 2.91. The predicted molar refractivity (Wildman–Crippen MR) is 69.6 cm³/mol. The van der Waals surface area contributed by atoms with Crippen molar-refractivity contribution in [1.29, 1.82) is 0 Å². The molecule has 2 nitrogen and oxygen atoms in total. The van der Waals surface area contributed by atoms with Crippen LogP contribution in [0.2, 0.25) is 0 Å². The zero-order valence-electron chi connectivity index (χ0n) is 10.8. The number of rotatable bonds is 8. The quantitative estimate of drug-likeness (QED) is 0.639. The number of nitrogens with one attached hydrogen (secondary N) is 1. The lowest BCUT2D eigenvalue weighted by molar-refractivity contribution is 0.0874. The first-order valence-corrected chi connectivity index (χ1v) is 6.40. The highest BCUT2D eigenvalue weighted by atomic mass is 16.5. The summed E-state index contributed by atoms with van der Waals surface area (Å²) in [6.07, 6.45) is 11.0. The van der Waals surface area contributed by atoms with Crippen LogP contribution in [0, 0.1) is 5.41 Å². The molecule has 1 N–H and O–H groups in total. The fourth-order valence-corrected chi connectivity index (χ4v) is 1.73. The molecular formula is C14H25NO. The van der Waals surface area contributed by atoms with Crippen molar-refractivity contribution < 1.29 is 4.74 Å². The molecule has 92 valence electrons. The van der Waals surface area contributed by atoms with Crippen molar-refractivity contribution in [2.24, 2.45) is 5.41 Å². The molecule has 1 atom stereocenters. The average Bonchev–Trinajstić information content (AvgIpc) is 2.76. The van der Waals surface area contributed by atoms with Gasteiger partial charge in [0.15, 0.2) is 0 Å². The van der Waals surface area contributed by atoms with Crippen LogP contribution in [0.5, 0.6) is 0 Å². The first-order valence-electron chi connectivity index (χ1n) is 6.40. The van der Waals surface area contributed by atoms with E-state index in [1.165, 1.54) is 6.42 Å². The van der Waals surface area contributed by atoms with E-state index in [2.05, 4.69) is 50.4 Å². The van der Waals surface area contributed by atoms with Crippen LogP contribution in [0.4, 0.5) is 0 Å². The van der Waals surface area contributed by atoms with Gasteiger partial charge in [0.05, 0.1) is 6.61 Å². The molecule has 0 amide bonds. The Morgan fingerprint density at radius 1 is 1.25 bits per heavy atom. The number of ether oxygens (including phenoxy) is 1. The highest BCUT2D eigenvalue weighted by molar-refractivity contribution is 5.25. The highest BCUT2D eigenvalue weighted by Gasteiger charge is 2.26. The molecule has 0 aromatic rings. The normalized spacial score (nSPS) is 19.2. The number of hydrogen-bond acceptors (Lipinski definition) is 2. The van der Waals surface area contributed by atoms with E-state index in [9.17, 15) is 0 Å². The minimum atomic E-state index is 0.0819. The molecule has 0 heterocycles. The lowest BCUT2D eigenvalue weighted by Crippen LogP contribution is -2.38. The van der Waals surface area contributed by atoms with E-state index in [4.69, 9.17) is 4.74 Å². The molecule has 16 heavy (non-hydrogen) atoms. The van der Waals surface area contributed by atoms with E-state index in [-0.39, 0.29) is 5.41 Å². The third-order valence-electron chi connectivity index (χ3n) is 3.08. The molecule has 0 spiro atoms. The van der Waals surface area contributed by atoms with E-state index >= 15 is 0 Å². The Labute approximate surface area is 99.8 Å². The van der Waals surface area contributed by atoms with E-state index in [0.29, 0.717) is 6.04 Å². The van der Waals surface area contributed by atoms with Crippen LogP contribution < -0.4 is 5.32 Å². The largest absolute Gasteiger partial charge is 0.380 e. The summed E-state index contributed by atoms with van der Waals surface area (Å²) in [4.78, 5) is 0. The van der Waals surface area contributed by atoms with Gasteiger partial charge in [-0.05, 0) is 19.8 Å². The maximum absolute atomic E-state index is 5.69. The molecule has 2 heteroatoms. The Bertz CT molecular complexity index is 233. The second kappa shape index (κ2) is 6.87. The van der Waals surface area contributed by atoms with Gasteiger partial charge in [0.25, 0.3) is 0 Å². The first kappa shape index (κ1) is 13.5. The van der Waals surface area contributed by atoms with Crippen LogP contribution in [-0.2, 0) is 4.74 Å². The Morgan fingerprint density at radius 3 is 2.50 bits per heavy atom. The molecule has 0 aliphatic heterocycles. The molecule has 1 rings (SSSR count). The first-order chi connectivity index (χ1) is 7.72. The SMILES string of the molecule is CCCOCC1(CNC(C)CC)C=CC=C1. The molecule has 0 fully saturated rings. The molecule has 0 bridgehead atoms. The molecule has 1 aliphatic carbocycles. The smallest absolute Gasteiger partial charge is 0.0604 e. The number of allylic oxidation sites excluding steroid dienone is 2. The summed E-state index contributed by atoms with van der Waals surface area (Å²) in [6.45, 7) is 9.19. The van der Waals surface area contributed by atoms with E-state index in [1.807, 2.05) is 0 Å². The Morgan fingerprint density at radius 2 is 1.94 bits per heavy atom. The van der Waals surface area contributed by atoms with Gasteiger partial charge in [0, 0.05) is 24.6 Å². The van der Waals surface area contributed by atoms with Gasteiger partial charge >= 0.3 is 0 Å². The average molecular weight is 223 g/mol. The molecule has 1 unspecified atom stereocenters. The summed E-state index contributed by atoms with van der Waals surface area (Å²) in [5.74, 6) is 0. The summed E-state index contributed by atoms with van der Waals surface area (Å²) in [5.41, 5.74) is 0.0819. The zero-order valence-corrected chi connectivity index (χ0v) is 10.8. The third-order valence-corrected chi connectivity index (χ3v) is 3.08. The van der Waals surface area contributed by atoms with Crippen molar-refractivity contribution in [1.82, 2.24) is 5.32 Å². The minimum Gasteiger partial charge on any atom is -0.380 e. The fourth-order valence-electron chi connectivity index (χ4n) is 1.73. The summed E-state index contributed by atoms with van der Waals surface area (Å²) in [5, 5.41) is 3.56. The highest BCUT2D eigenvalue weighted by Crippen LogP contribution is 2.26. The van der Waals surface area contributed by atoms with E-state index in [1.54, 1.807) is 0 Å². The lowest BCUT2D eigenvalue weighted by atomic mass is 9.91. The fraction of sp³-hybridized carbons (Fsp3) is 0.714. The van der Waals surface area contributed by atoms with Crippen molar-refractivity contribution in [3.8, 4) is 0 Å². The summed E-state index contributed by atoms with van der Waals surface area (Å²) >= 11 is 0. The Hall–Kier alpha value is -0.600. The van der Waals surface area contributed by atoms with Gasteiger partial charge in [-0.2, -0.15) is 0 Å². The van der Waals surface area contributed by atoms with E-state index in [0.717, 1.165) is 26.2 Å². The molecule has 0 aromatic carbocycles. The molecular weight excluding hydrogens is 198 g/mol. The monoisotopic (exact) mass is 223 g/mol. The van der Waals surface area contributed by atoms with Gasteiger partial charge in [-0.3, -0.25) is 0 Å². The molecule has 0 radical (unpaired) electrons. The summed E-state index contributed by atoms with van der Waals surface area (Å²) in [6, 6.07) is 0.574. The van der Waals surface area contributed by atoms with Gasteiger partial charge in [0.2, 0.25) is 0 Å². The standard InChI is InChI=1S/C14H25NO/c1-4-10-16-12-14(8-6-7-9-14)11-15-13(3)5-2/h6-9,13,15H,4-5,10-12H2,1-3H3. The topological polar surface area (TPSA) is 21.3 Å². The lowest BCUT2D eigenvalue weighted by Gasteiger charge is -2.27. The molecule has 0 aromatic heterocycles. The van der Waals surface area contributed by atoms with Crippen LogP contribution in [0.3, 0.4) is 0 Å². The molecule has 1 aliphatic rings. The minimum absolute atomic E-state index is 0.0819. The van der Waals surface area contributed by atoms with Gasteiger partial charge in [0.1, 0.15) is 0 Å². The van der Waals surface area contributed by atoms with Crippen molar-refractivity contribution >= 4 is 0 Å². The second-order valence-electron chi connectivity index (χ2n) is 4.69. The van der Waals surface area contributed by atoms with Crippen LogP contribution in [0.25, 0.3) is 0 Å². The third kappa shape index (κ3) is 4.11. The van der Waals surface area contributed by atoms with E-state index < -0.39 is 0 Å². The van der Waals surface area contributed by atoms with Crippen LogP contribution in [0.15, 0.2) is 24.3 Å². The van der Waals surface area contributed by atoms with Crippen molar-refractivity contribution in [2.45, 2.75) is 39.7 Å². The number of hydrogen-bond donors (Lipinski definition) is 1. The zero-order chi connectivity index (χ0) is 11.9. The maximum atomic E-state index is 5.69. The van der Waals surface area contributed by atoms with Gasteiger partial charge in [-0.25, -0.2) is 0 Å². The second-order valence-corrected chi connectivity index (χ2v) is 4.69. The van der Waals surface area contributed by atoms with Gasteiger partial charge < -0.3 is 10.1 Å². The molecule has 0 saturated heterocycles. The van der Waals surface area contributed by atoms with Gasteiger partial charge in [-0.1, -0.05) is 38.2 Å². The van der Waals surface area contributed by atoms with Crippen LogP contribution in [0.1, 0.15) is 33.6 Å². The van der Waals surface area contributed by atoms with Crippen molar-refractivity contribution in [2.75, 3.05) is 19.8 Å². The molecule has 0 saturated carbocycles. The summed E-state index contributed by atoms with van der Waals surface area (Å²) in [7, 11) is 0. The van der Waals surface area contributed by atoms with Crippen LogP contribution >= 0.6 is 0 Å². The Balaban J connectivity index is 2.40. The summed E-state index contributed by atoms with van der Waals surface area (Å²) < 4.78 is 5.69. The van der Waals surface area contributed by atoms with Crippen molar-refractivity contribution in [3.05, 3.63) is 24.3 Å². The van der Waals surface area contributed by atoms with Crippen LogP contribution in [-0.4, -0.2) is 25.8 Å². The Kier molecular flexibility index (Phi) is 5.78.